The number of hydrogen-bond acceptors (Lipinski definition) is 2. The average Bonchev–Trinajstić information content (AvgIpc) is 2.67. The van der Waals surface area contributed by atoms with Gasteiger partial charge >= 0.3 is 0 Å². The third kappa shape index (κ3) is 3.58. The van der Waals surface area contributed by atoms with Crippen LogP contribution in [0.15, 0.2) is 15.9 Å². The van der Waals surface area contributed by atoms with Crippen LogP contribution in [0.2, 0.25) is 0 Å². The molecule has 0 saturated carbocycles. The van der Waals surface area contributed by atoms with Gasteiger partial charge in [0.2, 0.25) is 0 Å². The van der Waals surface area contributed by atoms with Gasteiger partial charge in [0, 0.05) is 15.4 Å². The molecule has 0 aliphatic rings. The molecule has 1 nitrogen and oxygen atoms in total. The van der Waals surface area contributed by atoms with E-state index in [0.717, 1.165) is 5.92 Å². The van der Waals surface area contributed by atoms with E-state index in [1.807, 2.05) is 11.3 Å². The lowest BCUT2D eigenvalue weighted by Crippen LogP contribution is -2.19. The van der Waals surface area contributed by atoms with Crippen LogP contribution >= 0.6 is 27.3 Å². The van der Waals surface area contributed by atoms with Crippen LogP contribution in [0, 0.1) is 5.92 Å². The summed E-state index contributed by atoms with van der Waals surface area (Å²) in [6.07, 6.45) is 3.79. The standard InChI is InChI=1S/C12H20BrNS/c1-4-9(5-2)8-11(14-3)12-10(13)6-7-15-12/h6-7,9,11,14H,4-5,8H2,1-3H3. The Labute approximate surface area is 105 Å². The molecule has 0 amide bonds. The Morgan fingerprint density at radius 1 is 1.40 bits per heavy atom. The molecule has 3 heteroatoms. The number of thiophene rings is 1. The van der Waals surface area contributed by atoms with Crippen molar-refractivity contribution in [2.45, 2.75) is 39.2 Å². The van der Waals surface area contributed by atoms with Gasteiger partial charge in [-0.2, -0.15) is 0 Å². The van der Waals surface area contributed by atoms with E-state index in [0.29, 0.717) is 6.04 Å². The van der Waals surface area contributed by atoms with Crippen LogP contribution < -0.4 is 5.32 Å². The Morgan fingerprint density at radius 2 is 2.07 bits per heavy atom. The summed E-state index contributed by atoms with van der Waals surface area (Å²) >= 11 is 5.45. The molecule has 0 aliphatic carbocycles. The molecular formula is C12H20BrNS. The van der Waals surface area contributed by atoms with Gasteiger partial charge in [0.15, 0.2) is 0 Å². The molecular weight excluding hydrogens is 270 g/mol. The van der Waals surface area contributed by atoms with Crippen LogP contribution in [0.5, 0.6) is 0 Å². The summed E-state index contributed by atoms with van der Waals surface area (Å²) in [6.45, 7) is 4.56. The zero-order valence-corrected chi connectivity index (χ0v) is 12.1. The SMILES string of the molecule is CCC(CC)CC(NC)c1sccc1Br. The first kappa shape index (κ1) is 13.2. The maximum atomic E-state index is 3.61. The fourth-order valence-corrected chi connectivity index (χ4v) is 3.64. The van der Waals surface area contributed by atoms with Gasteiger partial charge in [-0.05, 0) is 46.8 Å². The summed E-state index contributed by atoms with van der Waals surface area (Å²) in [6, 6.07) is 2.64. The minimum Gasteiger partial charge on any atom is -0.312 e. The Morgan fingerprint density at radius 3 is 2.47 bits per heavy atom. The second-order valence-electron chi connectivity index (χ2n) is 3.89. The zero-order chi connectivity index (χ0) is 11.3. The Bertz CT molecular complexity index is 281. The number of hydrogen-bond donors (Lipinski definition) is 1. The predicted octanol–water partition coefficient (Wildman–Crippen LogP) is 4.60. The van der Waals surface area contributed by atoms with Crippen molar-refractivity contribution in [2.24, 2.45) is 5.92 Å². The summed E-state index contributed by atoms with van der Waals surface area (Å²) < 4.78 is 1.25. The minimum absolute atomic E-state index is 0.504. The summed E-state index contributed by atoms with van der Waals surface area (Å²) in [5.41, 5.74) is 0. The molecule has 1 aromatic heterocycles. The van der Waals surface area contributed by atoms with Crippen LogP contribution in [-0.4, -0.2) is 7.05 Å². The quantitative estimate of drug-likeness (QED) is 0.807. The fraction of sp³-hybridized carbons (Fsp3) is 0.667. The smallest absolute Gasteiger partial charge is 0.0426 e. The molecule has 1 aromatic rings. The van der Waals surface area contributed by atoms with Crippen molar-refractivity contribution < 1.29 is 0 Å². The molecule has 0 radical (unpaired) electrons. The highest BCUT2D eigenvalue weighted by atomic mass is 79.9. The van der Waals surface area contributed by atoms with E-state index in [4.69, 9.17) is 0 Å². The molecule has 1 unspecified atom stereocenters. The topological polar surface area (TPSA) is 12.0 Å². The van der Waals surface area contributed by atoms with Crippen LogP contribution in [0.3, 0.4) is 0 Å². The molecule has 0 aliphatic heterocycles. The van der Waals surface area contributed by atoms with Gasteiger partial charge in [-0.15, -0.1) is 11.3 Å². The zero-order valence-electron chi connectivity index (χ0n) is 9.72. The Kier molecular flexibility index (Phi) is 5.87. The average molecular weight is 290 g/mol. The first-order valence-corrected chi connectivity index (χ1v) is 7.30. The molecule has 1 atom stereocenters. The highest BCUT2D eigenvalue weighted by Gasteiger charge is 2.17. The fourth-order valence-electron chi connectivity index (χ4n) is 1.87. The molecule has 1 rings (SSSR count). The minimum atomic E-state index is 0.504. The number of halogens is 1. The molecule has 1 heterocycles. The molecule has 0 bridgehead atoms. The van der Waals surface area contributed by atoms with Gasteiger partial charge in [0.1, 0.15) is 0 Å². The first-order valence-electron chi connectivity index (χ1n) is 5.63. The van der Waals surface area contributed by atoms with Crippen molar-refractivity contribution in [3.05, 3.63) is 20.8 Å². The van der Waals surface area contributed by atoms with Gasteiger partial charge in [0.25, 0.3) is 0 Å². The molecule has 0 spiro atoms. The van der Waals surface area contributed by atoms with E-state index in [9.17, 15) is 0 Å². The second-order valence-corrected chi connectivity index (χ2v) is 5.69. The monoisotopic (exact) mass is 289 g/mol. The molecule has 15 heavy (non-hydrogen) atoms. The van der Waals surface area contributed by atoms with Crippen LogP contribution in [-0.2, 0) is 0 Å². The van der Waals surface area contributed by atoms with E-state index in [-0.39, 0.29) is 0 Å². The Hall–Kier alpha value is 0.140. The molecule has 0 aromatic carbocycles. The molecule has 0 saturated heterocycles. The van der Waals surface area contributed by atoms with Crippen LogP contribution in [0.4, 0.5) is 0 Å². The number of rotatable bonds is 6. The van der Waals surface area contributed by atoms with Crippen LogP contribution in [0.25, 0.3) is 0 Å². The summed E-state index contributed by atoms with van der Waals surface area (Å²) in [7, 11) is 2.05. The second kappa shape index (κ2) is 6.66. The third-order valence-corrected chi connectivity index (χ3v) is 5.02. The van der Waals surface area contributed by atoms with Crippen molar-refractivity contribution in [1.29, 1.82) is 0 Å². The lowest BCUT2D eigenvalue weighted by molar-refractivity contribution is 0.388. The summed E-state index contributed by atoms with van der Waals surface area (Å²) in [4.78, 5) is 1.43. The summed E-state index contributed by atoms with van der Waals surface area (Å²) in [5, 5.41) is 5.57. The lowest BCUT2D eigenvalue weighted by Gasteiger charge is -2.21. The van der Waals surface area contributed by atoms with Crippen molar-refractivity contribution >= 4 is 27.3 Å². The van der Waals surface area contributed by atoms with E-state index in [1.165, 1.54) is 28.6 Å². The van der Waals surface area contributed by atoms with Crippen molar-refractivity contribution in [2.75, 3.05) is 7.05 Å². The van der Waals surface area contributed by atoms with Gasteiger partial charge in [-0.25, -0.2) is 0 Å². The third-order valence-electron chi connectivity index (χ3n) is 3.03. The van der Waals surface area contributed by atoms with Gasteiger partial charge < -0.3 is 5.32 Å². The van der Waals surface area contributed by atoms with Gasteiger partial charge in [-0.1, -0.05) is 26.7 Å². The highest BCUT2D eigenvalue weighted by molar-refractivity contribution is 9.10. The van der Waals surface area contributed by atoms with Gasteiger partial charge in [0.05, 0.1) is 0 Å². The van der Waals surface area contributed by atoms with E-state index in [2.05, 4.69) is 53.6 Å². The maximum Gasteiger partial charge on any atom is 0.0426 e. The van der Waals surface area contributed by atoms with E-state index < -0.39 is 0 Å². The largest absolute Gasteiger partial charge is 0.312 e. The summed E-state index contributed by atoms with van der Waals surface area (Å²) in [5.74, 6) is 0.830. The van der Waals surface area contributed by atoms with Gasteiger partial charge in [-0.3, -0.25) is 0 Å². The Balaban J connectivity index is 2.68. The van der Waals surface area contributed by atoms with E-state index in [1.54, 1.807) is 0 Å². The van der Waals surface area contributed by atoms with Crippen LogP contribution in [0.1, 0.15) is 44.0 Å². The predicted molar refractivity (Wildman–Crippen MR) is 72.5 cm³/mol. The molecule has 0 fully saturated rings. The highest BCUT2D eigenvalue weighted by Crippen LogP contribution is 2.33. The first-order chi connectivity index (χ1) is 7.22. The maximum absolute atomic E-state index is 3.61. The number of nitrogens with one attached hydrogen (secondary N) is 1. The molecule has 1 N–H and O–H groups in total. The normalized spacial score (nSPS) is 13.4. The van der Waals surface area contributed by atoms with Crippen molar-refractivity contribution in [3.8, 4) is 0 Å². The van der Waals surface area contributed by atoms with Crippen molar-refractivity contribution in [1.82, 2.24) is 5.32 Å². The lowest BCUT2D eigenvalue weighted by atomic mass is 9.94. The molecule has 86 valence electrons. The van der Waals surface area contributed by atoms with E-state index >= 15 is 0 Å². The van der Waals surface area contributed by atoms with Crippen molar-refractivity contribution in [3.63, 3.8) is 0 Å².